The number of thioether (sulfide) groups is 1. The Kier molecular flexibility index (Phi) is 11.7. The summed E-state index contributed by atoms with van der Waals surface area (Å²) in [6, 6.07) is -2.37. The van der Waals surface area contributed by atoms with Gasteiger partial charge in [-0.1, -0.05) is 26.0 Å². The van der Waals surface area contributed by atoms with E-state index >= 15 is 0 Å². The number of aliphatic carboxylic acids is 1. The van der Waals surface area contributed by atoms with Crippen LogP contribution in [-0.2, 0) is 14.4 Å². The van der Waals surface area contributed by atoms with Gasteiger partial charge in [0.05, 0.1) is 6.04 Å². The van der Waals surface area contributed by atoms with Crippen molar-refractivity contribution in [2.45, 2.75) is 50.9 Å². The van der Waals surface area contributed by atoms with Gasteiger partial charge in [0.25, 0.3) is 0 Å². The molecule has 0 aromatic heterocycles. The molecule has 1 heterocycles. The minimum Gasteiger partial charge on any atom is -0.480 e. The molecule has 5 N–H and O–H groups in total. The molecule has 0 saturated carbocycles. The van der Waals surface area contributed by atoms with E-state index in [0.29, 0.717) is 37.4 Å². The SMILES string of the molecule is CSCC[C@H](NC(=O)[C@@H]1CC=CCN1C(=O)[C@@H](NC[C@@H](N)CS)C(C)C)C(=O)O. The molecule has 1 aliphatic rings. The van der Waals surface area contributed by atoms with Gasteiger partial charge in [-0.2, -0.15) is 24.4 Å². The number of thiol groups is 1. The summed E-state index contributed by atoms with van der Waals surface area (Å²) in [5, 5.41) is 15.2. The summed E-state index contributed by atoms with van der Waals surface area (Å²) in [4.78, 5) is 39.0. The van der Waals surface area contributed by atoms with E-state index in [2.05, 4.69) is 23.3 Å². The lowest BCUT2D eigenvalue weighted by molar-refractivity contribution is -0.145. The number of nitrogens with two attached hydrogens (primary N) is 1. The zero-order chi connectivity index (χ0) is 22.0. The lowest BCUT2D eigenvalue weighted by atomic mass is 9.99. The van der Waals surface area contributed by atoms with Crippen LogP contribution in [0, 0.1) is 5.92 Å². The number of carbonyl (C=O) groups is 3. The molecule has 0 saturated heterocycles. The summed E-state index contributed by atoms with van der Waals surface area (Å²) in [6.07, 6.45) is 6.26. The number of nitrogens with one attached hydrogen (secondary N) is 2. The van der Waals surface area contributed by atoms with Crippen molar-refractivity contribution in [3.8, 4) is 0 Å². The monoisotopic (exact) mass is 446 g/mol. The molecule has 0 aliphatic carbocycles. The summed E-state index contributed by atoms with van der Waals surface area (Å²) in [5.74, 6) is -0.583. The second-order valence-electron chi connectivity index (χ2n) is 7.47. The highest BCUT2D eigenvalue weighted by Crippen LogP contribution is 2.17. The molecule has 0 aromatic carbocycles. The van der Waals surface area contributed by atoms with Crippen molar-refractivity contribution in [2.24, 2.45) is 11.7 Å². The van der Waals surface area contributed by atoms with Gasteiger partial charge in [-0.15, -0.1) is 0 Å². The highest BCUT2D eigenvalue weighted by molar-refractivity contribution is 7.98. The lowest BCUT2D eigenvalue weighted by Crippen LogP contribution is -2.59. The molecule has 29 heavy (non-hydrogen) atoms. The quantitative estimate of drug-likeness (QED) is 0.216. The van der Waals surface area contributed by atoms with E-state index in [1.165, 1.54) is 16.7 Å². The number of carboxylic acids is 1. The van der Waals surface area contributed by atoms with Crippen molar-refractivity contribution in [1.82, 2.24) is 15.5 Å². The summed E-state index contributed by atoms with van der Waals surface area (Å²) >= 11 is 5.68. The second kappa shape index (κ2) is 13.1. The fourth-order valence-electron chi connectivity index (χ4n) is 3.05. The Morgan fingerprint density at radius 2 is 2.03 bits per heavy atom. The van der Waals surface area contributed by atoms with E-state index in [-0.39, 0.29) is 17.9 Å². The Balaban J connectivity index is 2.90. The smallest absolute Gasteiger partial charge is 0.326 e. The highest BCUT2D eigenvalue weighted by atomic mass is 32.2. The topological polar surface area (TPSA) is 125 Å². The molecular weight excluding hydrogens is 412 g/mol. The molecule has 0 radical (unpaired) electrons. The Morgan fingerprint density at radius 3 is 2.59 bits per heavy atom. The molecular formula is C19H34N4O4S2. The first kappa shape index (κ1) is 25.8. The van der Waals surface area contributed by atoms with Gasteiger partial charge in [-0.25, -0.2) is 4.79 Å². The number of carboxylic acid groups (broad SMARTS) is 1. The van der Waals surface area contributed by atoms with Crippen molar-refractivity contribution in [2.75, 3.05) is 30.9 Å². The Labute approximate surface area is 182 Å². The maximum atomic E-state index is 13.2. The molecule has 4 atom stereocenters. The van der Waals surface area contributed by atoms with Gasteiger partial charge in [0.1, 0.15) is 12.1 Å². The van der Waals surface area contributed by atoms with Crippen molar-refractivity contribution >= 4 is 42.2 Å². The molecule has 8 nitrogen and oxygen atoms in total. The van der Waals surface area contributed by atoms with Gasteiger partial charge >= 0.3 is 5.97 Å². The third-order valence-corrected chi connectivity index (χ3v) is 5.90. The van der Waals surface area contributed by atoms with E-state index < -0.39 is 30.0 Å². The van der Waals surface area contributed by atoms with Crippen LogP contribution in [0.3, 0.4) is 0 Å². The van der Waals surface area contributed by atoms with E-state index in [4.69, 9.17) is 5.73 Å². The number of carbonyl (C=O) groups excluding carboxylic acids is 2. The molecule has 0 unspecified atom stereocenters. The van der Waals surface area contributed by atoms with Gasteiger partial charge in [0, 0.05) is 24.9 Å². The fraction of sp³-hybridized carbons (Fsp3) is 0.737. The molecule has 0 aromatic rings. The number of rotatable bonds is 12. The van der Waals surface area contributed by atoms with Crippen LogP contribution in [0.1, 0.15) is 26.7 Å². The lowest BCUT2D eigenvalue weighted by Gasteiger charge is -2.36. The van der Waals surface area contributed by atoms with E-state index in [9.17, 15) is 19.5 Å². The van der Waals surface area contributed by atoms with Gasteiger partial charge in [0.2, 0.25) is 11.8 Å². The Bertz CT molecular complexity index is 589. The van der Waals surface area contributed by atoms with Crippen LogP contribution in [0.5, 0.6) is 0 Å². The predicted octanol–water partition coefficient (Wildman–Crippen LogP) is 0.337. The first-order valence-corrected chi connectivity index (χ1v) is 11.8. The molecule has 10 heteroatoms. The van der Waals surface area contributed by atoms with Crippen LogP contribution >= 0.6 is 24.4 Å². The molecule has 166 valence electrons. The maximum absolute atomic E-state index is 13.2. The normalized spacial score (nSPS) is 19.7. The summed E-state index contributed by atoms with van der Waals surface area (Å²) in [7, 11) is 0. The fourth-order valence-corrected chi connectivity index (χ4v) is 3.65. The molecule has 0 fully saturated rings. The summed E-state index contributed by atoms with van der Waals surface area (Å²) in [6.45, 7) is 4.61. The van der Waals surface area contributed by atoms with Gasteiger partial charge in [-0.05, 0) is 30.8 Å². The van der Waals surface area contributed by atoms with Crippen LogP contribution in [0.4, 0.5) is 0 Å². The zero-order valence-corrected chi connectivity index (χ0v) is 19.0. The minimum absolute atomic E-state index is 0.00224. The summed E-state index contributed by atoms with van der Waals surface area (Å²) in [5.41, 5.74) is 5.90. The van der Waals surface area contributed by atoms with Crippen LogP contribution in [-0.4, -0.2) is 82.8 Å². The molecule has 0 spiro atoms. The van der Waals surface area contributed by atoms with Crippen molar-refractivity contribution < 1.29 is 19.5 Å². The molecule has 2 amide bonds. The van der Waals surface area contributed by atoms with Crippen molar-refractivity contribution in [1.29, 1.82) is 0 Å². The largest absolute Gasteiger partial charge is 0.480 e. The highest BCUT2D eigenvalue weighted by Gasteiger charge is 2.36. The van der Waals surface area contributed by atoms with E-state index in [1.807, 2.05) is 32.3 Å². The van der Waals surface area contributed by atoms with Crippen molar-refractivity contribution in [3.63, 3.8) is 0 Å². The van der Waals surface area contributed by atoms with Gasteiger partial charge in [0.15, 0.2) is 0 Å². The second-order valence-corrected chi connectivity index (χ2v) is 8.82. The van der Waals surface area contributed by atoms with E-state index in [1.54, 1.807) is 0 Å². The Hall–Kier alpha value is -1.23. The van der Waals surface area contributed by atoms with Crippen LogP contribution in [0.25, 0.3) is 0 Å². The summed E-state index contributed by atoms with van der Waals surface area (Å²) < 4.78 is 0. The van der Waals surface area contributed by atoms with E-state index in [0.717, 1.165) is 0 Å². The zero-order valence-electron chi connectivity index (χ0n) is 17.3. The molecule has 1 aliphatic heterocycles. The average molecular weight is 447 g/mol. The first-order valence-electron chi connectivity index (χ1n) is 9.80. The third kappa shape index (κ3) is 8.19. The number of hydrogen-bond donors (Lipinski definition) is 5. The molecule has 0 bridgehead atoms. The van der Waals surface area contributed by atoms with Gasteiger partial charge < -0.3 is 26.4 Å². The maximum Gasteiger partial charge on any atom is 0.326 e. The predicted molar refractivity (Wildman–Crippen MR) is 120 cm³/mol. The van der Waals surface area contributed by atoms with Crippen LogP contribution < -0.4 is 16.4 Å². The average Bonchev–Trinajstić information content (AvgIpc) is 2.70. The van der Waals surface area contributed by atoms with Crippen LogP contribution in [0.15, 0.2) is 12.2 Å². The van der Waals surface area contributed by atoms with Gasteiger partial charge in [-0.3, -0.25) is 9.59 Å². The minimum atomic E-state index is -1.07. The van der Waals surface area contributed by atoms with Crippen molar-refractivity contribution in [3.05, 3.63) is 12.2 Å². The number of nitrogens with zero attached hydrogens (tertiary/aromatic N) is 1. The number of amides is 2. The Morgan fingerprint density at radius 1 is 1.34 bits per heavy atom. The van der Waals surface area contributed by atoms with Crippen LogP contribution in [0.2, 0.25) is 0 Å². The standard InChI is InChI=1S/C19H34N4O4S2/c1-12(2)16(21-10-13(20)11-28)18(25)23-8-5-4-6-15(23)17(24)22-14(19(26)27)7-9-29-3/h4-5,12-16,21,28H,6-11,20H2,1-3H3,(H,22,24)(H,26,27)/t13-,14+,15+,16+/m1/s1. The first-order chi connectivity index (χ1) is 13.7. The molecule has 1 rings (SSSR count). The third-order valence-electron chi connectivity index (χ3n) is 4.78. The number of hydrogen-bond acceptors (Lipinski definition) is 7.